The number of aromatic hydroxyl groups is 1. The molecule has 2 heterocycles. The lowest BCUT2D eigenvalue weighted by atomic mass is 10.1. The monoisotopic (exact) mass is 431 g/mol. The summed E-state index contributed by atoms with van der Waals surface area (Å²) in [5.41, 5.74) is -1.90. The number of hydrogen-bond donors (Lipinski definition) is 1. The Kier molecular flexibility index (Phi) is 5.07. The van der Waals surface area contributed by atoms with E-state index in [1.165, 1.54) is 35.0 Å². The molecule has 0 atom stereocenters. The highest BCUT2D eigenvalue weighted by molar-refractivity contribution is 8.00. The van der Waals surface area contributed by atoms with E-state index < -0.39 is 11.2 Å². The van der Waals surface area contributed by atoms with Crippen LogP contribution < -0.4 is 5.69 Å². The van der Waals surface area contributed by atoms with Crippen molar-refractivity contribution in [3.63, 3.8) is 0 Å². The van der Waals surface area contributed by atoms with Gasteiger partial charge in [-0.3, -0.25) is 9.55 Å². The number of thioether (sulfide) groups is 1. The number of hydrogen-bond acceptors (Lipinski definition) is 4. The van der Waals surface area contributed by atoms with Gasteiger partial charge in [0.15, 0.2) is 0 Å². The molecule has 0 aliphatic rings. The van der Waals surface area contributed by atoms with Crippen LogP contribution in [0.25, 0.3) is 16.6 Å². The lowest BCUT2D eigenvalue weighted by molar-refractivity contribution is -0.0328. The molecular weight excluding hydrogens is 415 g/mol. The molecule has 154 valence electrons. The van der Waals surface area contributed by atoms with Gasteiger partial charge < -0.3 is 5.11 Å². The van der Waals surface area contributed by atoms with E-state index in [1.807, 2.05) is 31.2 Å². The summed E-state index contributed by atoms with van der Waals surface area (Å²) >= 11 is -0.239. The molecule has 0 unspecified atom stereocenters. The molecule has 0 radical (unpaired) electrons. The van der Waals surface area contributed by atoms with Crippen LogP contribution in [-0.4, -0.2) is 24.7 Å². The predicted octanol–water partition coefficient (Wildman–Crippen LogP) is 4.86. The van der Waals surface area contributed by atoms with Crippen LogP contribution in [-0.2, 0) is 6.54 Å². The van der Waals surface area contributed by atoms with Crippen LogP contribution in [0.5, 0.6) is 5.88 Å². The normalized spacial score (nSPS) is 11.9. The number of halogens is 3. The fraction of sp³-hybridized carbons (Fsp3) is 0.143. The number of rotatable bonds is 4. The Balaban J connectivity index is 1.69. The van der Waals surface area contributed by atoms with Gasteiger partial charge in [-0.1, -0.05) is 18.2 Å². The molecule has 5 nitrogen and oxygen atoms in total. The van der Waals surface area contributed by atoms with Gasteiger partial charge >= 0.3 is 11.2 Å². The molecule has 0 spiro atoms. The number of alkyl halides is 3. The van der Waals surface area contributed by atoms with E-state index in [1.54, 1.807) is 6.20 Å². The number of pyridine rings is 1. The molecule has 0 aliphatic carbocycles. The summed E-state index contributed by atoms with van der Waals surface area (Å²) in [7, 11) is 0. The van der Waals surface area contributed by atoms with Gasteiger partial charge in [0.25, 0.3) is 0 Å². The van der Waals surface area contributed by atoms with Crippen LogP contribution >= 0.6 is 11.8 Å². The number of para-hydroxylation sites is 1. The number of fused-ring (bicyclic) bond motifs is 1. The first-order valence-electron chi connectivity index (χ1n) is 8.93. The largest absolute Gasteiger partial charge is 0.493 e. The van der Waals surface area contributed by atoms with Crippen LogP contribution in [0.3, 0.4) is 0 Å². The van der Waals surface area contributed by atoms with E-state index in [-0.39, 0.29) is 34.8 Å². The minimum absolute atomic E-state index is 0.00292. The van der Waals surface area contributed by atoms with Crippen LogP contribution in [0.4, 0.5) is 13.2 Å². The van der Waals surface area contributed by atoms with Crippen molar-refractivity contribution in [2.45, 2.75) is 23.9 Å². The van der Waals surface area contributed by atoms with Crippen molar-refractivity contribution in [2.24, 2.45) is 0 Å². The molecule has 2 aromatic heterocycles. The second-order valence-corrected chi connectivity index (χ2v) is 7.85. The number of aryl methyl sites for hydroxylation is 1. The Morgan fingerprint density at radius 1 is 1.10 bits per heavy atom. The van der Waals surface area contributed by atoms with Gasteiger partial charge in [-0.05, 0) is 60.1 Å². The summed E-state index contributed by atoms with van der Waals surface area (Å²) in [4.78, 5) is 17.3. The third-order valence-corrected chi connectivity index (χ3v) is 5.41. The van der Waals surface area contributed by atoms with Gasteiger partial charge in [-0.25, -0.2) is 9.36 Å². The Morgan fingerprint density at radius 3 is 2.53 bits per heavy atom. The Labute approximate surface area is 173 Å². The highest BCUT2D eigenvalue weighted by atomic mass is 32.2. The average Bonchev–Trinajstić information content (AvgIpc) is 2.95. The van der Waals surface area contributed by atoms with E-state index in [2.05, 4.69) is 4.98 Å². The van der Waals surface area contributed by atoms with Crippen LogP contribution in [0, 0.1) is 6.92 Å². The smallest absolute Gasteiger partial charge is 0.446 e. The average molecular weight is 431 g/mol. The summed E-state index contributed by atoms with van der Waals surface area (Å²) in [5.74, 6) is -0.300. The van der Waals surface area contributed by atoms with Gasteiger partial charge in [0.05, 0.1) is 23.9 Å². The molecule has 1 N–H and O–H groups in total. The molecule has 4 rings (SSSR count). The summed E-state index contributed by atoms with van der Waals surface area (Å²) in [6.07, 6.45) is 2.98. The van der Waals surface area contributed by atoms with Gasteiger partial charge in [0, 0.05) is 16.5 Å². The molecule has 9 heteroatoms. The van der Waals surface area contributed by atoms with Gasteiger partial charge in [0.2, 0.25) is 5.88 Å². The molecule has 4 aromatic rings. The Morgan fingerprint density at radius 2 is 1.83 bits per heavy atom. The fourth-order valence-corrected chi connectivity index (χ4v) is 3.87. The van der Waals surface area contributed by atoms with E-state index >= 15 is 0 Å². The maximum absolute atomic E-state index is 12.9. The Bertz CT molecular complexity index is 1280. The van der Waals surface area contributed by atoms with Gasteiger partial charge in [-0.2, -0.15) is 13.2 Å². The van der Waals surface area contributed by atoms with E-state index in [0.717, 1.165) is 26.6 Å². The highest BCUT2D eigenvalue weighted by Gasteiger charge is 2.29. The summed E-state index contributed by atoms with van der Waals surface area (Å²) in [5, 5.41) is 11.2. The molecule has 0 aliphatic heterocycles. The van der Waals surface area contributed by atoms with Gasteiger partial charge in [0.1, 0.15) is 0 Å². The number of nitrogens with zero attached hydrogens (tertiary/aromatic N) is 3. The summed E-state index contributed by atoms with van der Waals surface area (Å²) in [6.45, 7) is 2.16. The number of aromatic nitrogens is 3. The van der Waals surface area contributed by atoms with Crippen molar-refractivity contribution < 1.29 is 18.3 Å². The minimum Gasteiger partial charge on any atom is -0.493 e. The molecule has 2 aromatic carbocycles. The SMILES string of the molecule is Cc1cccc2c(Cn3cc(O)n(-c4ccc(SC(F)(F)F)cc4)c3=O)ccnc12. The fourth-order valence-electron chi connectivity index (χ4n) is 3.33. The van der Waals surface area contributed by atoms with Crippen molar-refractivity contribution in [1.29, 1.82) is 0 Å². The predicted molar refractivity (Wildman–Crippen MR) is 109 cm³/mol. The lowest BCUT2D eigenvalue weighted by Gasteiger charge is -2.08. The zero-order chi connectivity index (χ0) is 21.5. The molecule has 0 bridgehead atoms. The van der Waals surface area contributed by atoms with Crippen molar-refractivity contribution in [2.75, 3.05) is 0 Å². The van der Waals surface area contributed by atoms with E-state index in [0.29, 0.717) is 0 Å². The van der Waals surface area contributed by atoms with Crippen molar-refractivity contribution in [1.82, 2.24) is 14.1 Å². The quantitative estimate of drug-likeness (QED) is 0.469. The second kappa shape index (κ2) is 7.56. The molecule has 0 fully saturated rings. The van der Waals surface area contributed by atoms with Crippen LogP contribution in [0.2, 0.25) is 0 Å². The number of imidazole rings is 1. The topological polar surface area (TPSA) is 60.0 Å². The van der Waals surface area contributed by atoms with E-state index in [4.69, 9.17) is 0 Å². The zero-order valence-electron chi connectivity index (χ0n) is 15.7. The maximum Gasteiger partial charge on any atom is 0.446 e. The summed E-state index contributed by atoms with van der Waals surface area (Å²) in [6, 6.07) is 12.8. The minimum atomic E-state index is -4.39. The standard InChI is InChI=1S/C21H16F3N3O2S/c1-13-3-2-4-17-14(9-10-25-19(13)17)11-26-12-18(28)27(20(26)29)15-5-7-16(8-6-15)30-21(22,23)24/h2-10,12,28H,11H2,1H3. The first-order valence-corrected chi connectivity index (χ1v) is 9.75. The van der Waals surface area contributed by atoms with Crippen LogP contribution in [0.1, 0.15) is 11.1 Å². The van der Waals surface area contributed by atoms with Crippen molar-refractivity contribution in [3.8, 4) is 11.6 Å². The third-order valence-electron chi connectivity index (χ3n) is 4.67. The summed E-state index contributed by atoms with van der Waals surface area (Å²) < 4.78 is 39.9. The number of benzene rings is 2. The first kappa shape index (κ1) is 20.1. The van der Waals surface area contributed by atoms with Gasteiger partial charge in [-0.15, -0.1) is 0 Å². The molecular formula is C21H16F3N3O2S. The third kappa shape index (κ3) is 3.93. The molecule has 30 heavy (non-hydrogen) atoms. The molecule has 0 amide bonds. The van der Waals surface area contributed by atoms with E-state index in [9.17, 15) is 23.1 Å². The van der Waals surface area contributed by atoms with Crippen LogP contribution in [0.15, 0.2) is 70.6 Å². The van der Waals surface area contributed by atoms with Crippen molar-refractivity contribution >= 4 is 22.7 Å². The second-order valence-electron chi connectivity index (χ2n) is 6.72. The Hall–Kier alpha value is -3.20. The maximum atomic E-state index is 12.9. The lowest BCUT2D eigenvalue weighted by Crippen LogP contribution is -2.23. The first-order chi connectivity index (χ1) is 14.2. The zero-order valence-corrected chi connectivity index (χ0v) is 16.5. The molecule has 0 saturated heterocycles. The highest BCUT2D eigenvalue weighted by Crippen LogP contribution is 2.37. The van der Waals surface area contributed by atoms with Crippen molar-refractivity contribution in [3.05, 3.63) is 82.5 Å². The molecule has 0 saturated carbocycles.